The van der Waals surface area contributed by atoms with Crippen LogP contribution in [0.4, 0.5) is 23.0 Å². The summed E-state index contributed by atoms with van der Waals surface area (Å²) in [6.45, 7) is 6.85. The Morgan fingerprint density at radius 1 is 0.765 bits per heavy atom. The fraction of sp³-hybridized carbons (Fsp3) is 0.182. The number of nitrogens with zero attached hydrogens (tertiary/aromatic N) is 2. The normalized spacial score (nSPS) is 11.7. The minimum absolute atomic E-state index is 0.225. The van der Waals surface area contributed by atoms with Crippen LogP contribution in [0.15, 0.2) is 46.2 Å². The first kappa shape index (κ1) is 25.1. The third kappa shape index (κ3) is 5.18. The number of hydrogen-bond acceptors (Lipinski definition) is 8. The van der Waals surface area contributed by atoms with Crippen molar-refractivity contribution in [3.8, 4) is 6.07 Å². The number of aryl methyl sites for hydroxylation is 2. The highest BCUT2D eigenvalue weighted by molar-refractivity contribution is 7.86. The van der Waals surface area contributed by atoms with Crippen LogP contribution in [0.1, 0.15) is 27.8 Å². The number of pyridine rings is 1. The fourth-order valence-corrected chi connectivity index (χ4v) is 4.40. The van der Waals surface area contributed by atoms with Crippen LogP contribution < -0.4 is 10.6 Å². The standard InChI is InChI=1S/C22H22N4O6S2/c1-12-9-16(33(27,28)29)5-7-19(12)24-21-15(4)14(3)18(11-23)22(26-21)25-20-8-6-17(10-13(20)2)34(30,31)32/h5-10H,1-4H3,(H2,24,25,26)(H,27,28,29)(H,30,31,32). The second-order valence-corrected chi connectivity index (χ2v) is 10.5. The van der Waals surface area contributed by atoms with Crippen molar-refractivity contribution in [2.75, 3.05) is 10.6 Å². The first-order chi connectivity index (χ1) is 15.7. The zero-order valence-corrected chi connectivity index (χ0v) is 20.3. The van der Waals surface area contributed by atoms with Gasteiger partial charge in [0.15, 0.2) is 5.82 Å². The third-order valence-corrected chi connectivity index (χ3v) is 7.06. The van der Waals surface area contributed by atoms with Crippen molar-refractivity contribution < 1.29 is 25.9 Å². The number of rotatable bonds is 6. The van der Waals surface area contributed by atoms with Gasteiger partial charge in [-0.05, 0) is 86.3 Å². The second-order valence-electron chi connectivity index (χ2n) is 7.70. The monoisotopic (exact) mass is 502 g/mol. The Balaban J connectivity index is 2.05. The molecule has 0 unspecified atom stereocenters. The predicted molar refractivity (Wildman–Crippen MR) is 127 cm³/mol. The van der Waals surface area contributed by atoms with E-state index in [4.69, 9.17) is 0 Å². The lowest BCUT2D eigenvalue weighted by Gasteiger charge is -2.18. The number of nitriles is 1. The van der Waals surface area contributed by atoms with E-state index in [1.165, 1.54) is 36.4 Å². The molecule has 0 aliphatic rings. The first-order valence-corrected chi connectivity index (χ1v) is 12.7. The average molecular weight is 503 g/mol. The Bertz CT molecular complexity index is 1560. The van der Waals surface area contributed by atoms with Crippen molar-refractivity contribution in [2.24, 2.45) is 0 Å². The quantitative estimate of drug-likeness (QED) is 0.359. The van der Waals surface area contributed by atoms with Gasteiger partial charge in [-0.1, -0.05) is 0 Å². The molecule has 1 aromatic heterocycles. The van der Waals surface area contributed by atoms with Crippen molar-refractivity contribution in [1.29, 1.82) is 5.26 Å². The Morgan fingerprint density at radius 3 is 1.59 bits per heavy atom. The molecule has 34 heavy (non-hydrogen) atoms. The summed E-state index contributed by atoms with van der Waals surface area (Å²) >= 11 is 0. The van der Waals surface area contributed by atoms with Gasteiger partial charge in [0.25, 0.3) is 20.2 Å². The van der Waals surface area contributed by atoms with Gasteiger partial charge >= 0.3 is 0 Å². The SMILES string of the molecule is Cc1cc(S(=O)(=O)O)ccc1Nc1nc(Nc2ccc(S(=O)(=O)O)cc2C)c(C#N)c(C)c1C. The molecule has 0 bridgehead atoms. The highest BCUT2D eigenvalue weighted by Gasteiger charge is 2.18. The molecule has 0 fully saturated rings. The van der Waals surface area contributed by atoms with Crippen LogP contribution in [0, 0.1) is 39.0 Å². The molecule has 12 heteroatoms. The molecule has 0 aliphatic carbocycles. The molecule has 3 aromatic rings. The van der Waals surface area contributed by atoms with E-state index in [1.54, 1.807) is 27.7 Å². The number of aromatic nitrogens is 1. The van der Waals surface area contributed by atoms with Gasteiger partial charge in [-0.3, -0.25) is 9.11 Å². The molecule has 0 radical (unpaired) electrons. The van der Waals surface area contributed by atoms with Gasteiger partial charge in [0.05, 0.1) is 15.4 Å². The Morgan fingerprint density at radius 2 is 1.21 bits per heavy atom. The molecule has 4 N–H and O–H groups in total. The van der Waals surface area contributed by atoms with E-state index in [-0.39, 0.29) is 15.6 Å². The predicted octanol–water partition coefficient (Wildman–Crippen LogP) is 4.17. The largest absolute Gasteiger partial charge is 0.340 e. The average Bonchev–Trinajstić information content (AvgIpc) is 2.73. The maximum Gasteiger partial charge on any atom is 0.294 e. The van der Waals surface area contributed by atoms with E-state index < -0.39 is 20.2 Å². The van der Waals surface area contributed by atoms with Crippen LogP contribution in [-0.4, -0.2) is 30.9 Å². The summed E-state index contributed by atoms with van der Waals surface area (Å²) in [4.78, 5) is 4.05. The zero-order chi connectivity index (χ0) is 25.4. The summed E-state index contributed by atoms with van der Waals surface area (Å²) in [6, 6.07) is 10.2. The first-order valence-electron chi connectivity index (χ1n) is 9.84. The molecular formula is C22H22N4O6S2. The van der Waals surface area contributed by atoms with Crippen LogP contribution in [0.2, 0.25) is 0 Å². The minimum Gasteiger partial charge on any atom is -0.340 e. The van der Waals surface area contributed by atoms with E-state index in [0.29, 0.717) is 45.0 Å². The van der Waals surface area contributed by atoms with Gasteiger partial charge in [0.1, 0.15) is 11.9 Å². The van der Waals surface area contributed by atoms with Crippen molar-refractivity contribution in [1.82, 2.24) is 4.98 Å². The smallest absolute Gasteiger partial charge is 0.294 e. The van der Waals surface area contributed by atoms with Crippen molar-refractivity contribution in [3.63, 3.8) is 0 Å². The van der Waals surface area contributed by atoms with E-state index in [1.807, 2.05) is 0 Å². The highest BCUT2D eigenvalue weighted by atomic mass is 32.2. The van der Waals surface area contributed by atoms with Gasteiger partial charge in [-0.15, -0.1) is 0 Å². The lowest BCUT2D eigenvalue weighted by Crippen LogP contribution is -2.08. The van der Waals surface area contributed by atoms with Crippen LogP contribution in [0.25, 0.3) is 0 Å². The summed E-state index contributed by atoms with van der Waals surface area (Å²) in [6.07, 6.45) is 0. The minimum atomic E-state index is -4.36. The zero-order valence-electron chi connectivity index (χ0n) is 18.7. The third-order valence-electron chi connectivity index (χ3n) is 5.36. The van der Waals surface area contributed by atoms with Crippen LogP contribution in [0.3, 0.4) is 0 Å². The van der Waals surface area contributed by atoms with Crippen LogP contribution >= 0.6 is 0 Å². The Hall–Kier alpha value is -3.50. The van der Waals surface area contributed by atoms with E-state index in [0.717, 1.165) is 0 Å². The van der Waals surface area contributed by atoms with Crippen LogP contribution in [-0.2, 0) is 20.2 Å². The van der Waals surface area contributed by atoms with Gasteiger partial charge in [0, 0.05) is 11.4 Å². The summed E-state index contributed by atoms with van der Waals surface area (Å²) in [7, 11) is -8.70. The molecule has 0 amide bonds. The summed E-state index contributed by atoms with van der Waals surface area (Å²) in [5.74, 6) is 0.636. The Kier molecular flexibility index (Phi) is 6.68. The topological polar surface area (TPSA) is 169 Å². The Labute approximate surface area is 197 Å². The molecule has 0 saturated heterocycles. The molecule has 2 aromatic carbocycles. The maximum atomic E-state index is 11.4. The van der Waals surface area contributed by atoms with Gasteiger partial charge in [-0.2, -0.15) is 22.1 Å². The number of hydrogen-bond donors (Lipinski definition) is 4. The lowest BCUT2D eigenvalue weighted by molar-refractivity contribution is 0.481. The fourth-order valence-electron chi connectivity index (χ4n) is 3.27. The summed E-state index contributed by atoms with van der Waals surface area (Å²) < 4.78 is 64.0. The molecule has 0 aliphatic heterocycles. The number of benzene rings is 2. The highest BCUT2D eigenvalue weighted by Crippen LogP contribution is 2.32. The second kappa shape index (κ2) is 9.03. The van der Waals surface area contributed by atoms with E-state index in [2.05, 4.69) is 21.7 Å². The van der Waals surface area contributed by atoms with Gasteiger partial charge in [0.2, 0.25) is 0 Å². The molecular weight excluding hydrogens is 480 g/mol. The van der Waals surface area contributed by atoms with Gasteiger partial charge in [-0.25, -0.2) is 4.98 Å². The van der Waals surface area contributed by atoms with Crippen molar-refractivity contribution >= 4 is 43.2 Å². The maximum absolute atomic E-state index is 11.4. The number of nitrogens with one attached hydrogen (secondary N) is 2. The summed E-state index contributed by atoms with van der Waals surface area (Å²) in [5, 5.41) is 15.9. The van der Waals surface area contributed by atoms with Crippen molar-refractivity contribution in [2.45, 2.75) is 37.5 Å². The van der Waals surface area contributed by atoms with E-state index in [9.17, 15) is 31.2 Å². The van der Waals surface area contributed by atoms with Crippen molar-refractivity contribution in [3.05, 3.63) is 64.2 Å². The van der Waals surface area contributed by atoms with Gasteiger partial charge < -0.3 is 10.6 Å². The number of anilines is 4. The molecule has 1 heterocycles. The molecule has 0 saturated carbocycles. The molecule has 178 valence electrons. The van der Waals surface area contributed by atoms with E-state index >= 15 is 0 Å². The molecule has 10 nitrogen and oxygen atoms in total. The molecule has 0 atom stereocenters. The lowest BCUT2D eigenvalue weighted by atomic mass is 10.0. The van der Waals surface area contributed by atoms with Crippen LogP contribution in [0.5, 0.6) is 0 Å². The molecule has 0 spiro atoms. The molecule has 3 rings (SSSR count). The summed E-state index contributed by atoms with van der Waals surface area (Å²) in [5.41, 5.74) is 3.72.